The molecule has 0 aromatic heterocycles. The highest BCUT2D eigenvalue weighted by molar-refractivity contribution is 5.30. The summed E-state index contributed by atoms with van der Waals surface area (Å²) in [5.74, 6) is 0. The number of benzene rings is 1. The van der Waals surface area contributed by atoms with Gasteiger partial charge in [0, 0.05) is 6.02 Å². The highest BCUT2D eigenvalue weighted by atomic mass is 14.6. The molecule has 1 aromatic rings. The first kappa shape index (κ1) is 6.67. The Balaban J connectivity index is 2.48. The normalized spacial score (nSPS) is 30.2. The largest absolute Gasteiger partial charge is 0.324 e. The van der Waals surface area contributed by atoms with E-state index in [1.54, 1.807) is 0 Å². The first-order valence-electron chi connectivity index (χ1n) is 5.07. The van der Waals surface area contributed by atoms with Gasteiger partial charge < -0.3 is 5.73 Å². The molecule has 0 heterocycles. The zero-order valence-corrected chi connectivity index (χ0v) is 7.22. The third kappa shape index (κ3) is 1.37. The highest BCUT2D eigenvalue weighted by Gasteiger charge is 2.13. The Morgan fingerprint density at radius 2 is 2.17 bits per heavy atom. The van der Waals surface area contributed by atoms with Crippen molar-refractivity contribution in [2.45, 2.75) is 31.7 Å². The molecule has 12 heavy (non-hydrogen) atoms. The molecule has 1 atom stereocenters. The number of rotatable bonds is 0. The molecule has 1 aromatic carbocycles. The molecular formula is C11H15N. The Kier molecular flexibility index (Phi) is 1.82. The van der Waals surface area contributed by atoms with Crippen molar-refractivity contribution in [3.63, 3.8) is 0 Å². The summed E-state index contributed by atoms with van der Waals surface area (Å²) in [5, 5.41) is 0. The van der Waals surface area contributed by atoms with Gasteiger partial charge >= 0.3 is 0 Å². The standard InChI is InChI=1S/C11H15N/c12-11-8-4-2-6-9-5-1-3-7-10(9)11/h1,3,5,7,11H,2,4,6,8,12H2/i11D. The number of fused-ring (bicyclic) bond motifs is 1. The van der Waals surface area contributed by atoms with Crippen LogP contribution in [-0.2, 0) is 6.42 Å². The van der Waals surface area contributed by atoms with Gasteiger partial charge in [-0.25, -0.2) is 0 Å². The van der Waals surface area contributed by atoms with E-state index >= 15 is 0 Å². The molecule has 0 saturated carbocycles. The molecular weight excluding hydrogens is 146 g/mol. The molecule has 1 aliphatic carbocycles. The van der Waals surface area contributed by atoms with Crippen LogP contribution in [0.4, 0.5) is 0 Å². The van der Waals surface area contributed by atoms with E-state index in [0.717, 1.165) is 31.2 Å². The average Bonchev–Trinajstić information content (AvgIpc) is 2.26. The van der Waals surface area contributed by atoms with Crippen LogP contribution in [0.15, 0.2) is 24.3 Å². The van der Waals surface area contributed by atoms with E-state index in [9.17, 15) is 0 Å². The van der Waals surface area contributed by atoms with Gasteiger partial charge in [0.2, 0.25) is 0 Å². The fourth-order valence-corrected chi connectivity index (χ4v) is 1.82. The maximum absolute atomic E-state index is 8.03. The van der Waals surface area contributed by atoms with Crippen LogP contribution >= 0.6 is 0 Å². The summed E-state index contributed by atoms with van der Waals surface area (Å²) in [5.41, 5.74) is 8.24. The summed E-state index contributed by atoms with van der Waals surface area (Å²) in [6.07, 6.45) is 4.08. The molecule has 0 amide bonds. The van der Waals surface area contributed by atoms with E-state index in [0.29, 0.717) is 0 Å². The van der Waals surface area contributed by atoms with E-state index in [4.69, 9.17) is 7.10 Å². The lowest BCUT2D eigenvalue weighted by Gasteiger charge is -2.11. The van der Waals surface area contributed by atoms with Crippen molar-refractivity contribution in [1.82, 2.24) is 0 Å². The van der Waals surface area contributed by atoms with Crippen LogP contribution in [0, 0.1) is 0 Å². The average molecular weight is 162 g/mol. The molecule has 0 saturated heterocycles. The van der Waals surface area contributed by atoms with Crippen LogP contribution in [0.25, 0.3) is 0 Å². The Hall–Kier alpha value is -0.820. The maximum atomic E-state index is 8.03. The predicted molar refractivity (Wildman–Crippen MR) is 50.9 cm³/mol. The van der Waals surface area contributed by atoms with Crippen molar-refractivity contribution in [2.24, 2.45) is 5.73 Å². The molecule has 0 aliphatic heterocycles. The van der Waals surface area contributed by atoms with Gasteiger partial charge in [-0.2, -0.15) is 0 Å². The zero-order chi connectivity index (χ0) is 9.31. The van der Waals surface area contributed by atoms with Crippen LogP contribution in [0.5, 0.6) is 0 Å². The van der Waals surface area contributed by atoms with Crippen LogP contribution in [-0.4, -0.2) is 0 Å². The minimum absolute atomic E-state index is 0.782. The summed E-state index contributed by atoms with van der Waals surface area (Å²) >= 11 is 0. The van der Waals surface area contributed by atoms with E-state index in [1.165, 1.54) is 5.56 Å². The van der Waals surface area contributed by atoms with Gasteiger partial charge in [0.05, 0.1) is 1.37 Å². The summed E-state index contributed by atoms with van der Waals surface area (Å²) in [7, 11) is 0. The number of hydrogen-bond acceptors (Lipinski definition) is 1. The minimum Gasteiger partial charge on any atom is -0.324 e. The number of hydrogen-bond donors (Lipinski definition) is 1. The third-order valence-electron chi connectivity index (χ3n) is 2.51. The van der Waals surface area contributed by atoms with E-state index in [-0.39, 0.29) is 0 Å². The lowest BCUT2D eigenvalue weighted by atomic mass is 10.0. The van der Waals surface area contributed by atoms with Crippen molar-refractivity contribution in [2.75, 3.05) is 0 Å². The first-order chi connectivity index (χ1) is 6.20. The lowest BCUT2D eigenvalue weighted by Crippen LogP contribution is -2.09. The molecule has 0 radical (unpaired) electrons. The number of aryl methyl sites for hydroxylation is 1. The van der Waals surface area contributed by atoms with Crippen molar-refractivity contribution >= 4 is 0 Å². The van der Waals surface area contributed by atoms with Gasteiger partial charge in [0.1, 0.15) is 0 Å². The summed E-state index contributed by atoms with van der Waals surface area (Å²) < 4.78 is 8.03. The quantitative estimate of drug-likeness (QED) is 0.582. The highest BCUT2D eigenvalue weighted by Crippen LogP contribution is 2.26. The van der Waals surface area contributed by atoms with E-state index in [2.05, 4.69) is 6.07 Å². The topological polar surface area (TPSA) is 26.0 Å². The van der Waals surface area contributed by atoms with Crippen molar-refractivity contribution in [1.29, 1.82) is 0 Å². The summed E-state index contributed by atoms with van der Waals surface area (Å²) in [6.45, 7) is 0. The second-order valence-electron chi connectivity index (χ2n) is 3.39. The molecule has 1 unspecified atom stereocenters. The van der Waals surface area contributed by atoms with E-state index in [1.807, 2.05) is 18.2 Å². The molecule has 64 valence electrons. The Bertz CT molecular complexity index is 307. The van der Waals surface area contributed by atoms with Crippen LogP contribution in [0.3, 0.4) is 0 Å². The smallest absolute Gasteiger partial charge is 0.0514 e. The SMILES string of the molecule is [2H]C1(N)CCCCc2ccccc21. The summed E-state index contributed by atoms with van der Waals surface area (Å²) in [6, 6.07) is 7.23. The lowest BCUT2D eigenvalue weighted by molar-refractivity contribution is 0.615. The van der Waals surface area contributed by atoms with Gasteiger partial charge in [0.15, 0.2) is 0 Å². The van der Waals surface area contributed by atoms with Crippen LogP contribution < -0.4 is 5.73 Å². The van der Waals surface area contributed by atoms with Gasteiger partial charge in [-0.3, -0.25) is 0 Å². The second-order valence-corrected chi connectivity index (χ2v) is 3.39. The first-order valence-corrected chi connectivity index (χ1v) is 4.57. The van der Waals surface area contributed by atoms with E-state index < -0.39 is 6.02 Å². The molecule has 1 nitrogen and oxygen atoms in total. The van der Waals surface area contributed by atoms with Gasteiger partial charge in [-0.1, -0.05) is 30.7 Å². The maximum Gasteiger partial charge on any atom is 0.0514 e. The predicted octanol–water partition coefficient (Wildman–Crippen LogP) is 2.41. The zero-order valence-electron chi connectivity index (χ0n) is 8.22. The number of nitrogens with two attached hydrogens (primary N) is 1. The van der Waals surface area contributed by atoms with Crippen LogP contribution in [0.2, 0.25) is 0 Å². The summed E-state index contributed by atoms with van der Waals surface area (Å²) in [4.78, 5) is 0. The molecule has 0 fully saturated rings. The molecule has 0 bridgehead atoms. The van der Waals surface area contributed by atoms with Crippen molar-refractivity contribution in [3.05, 3.63) is 35.4 Å². The molecule has 1 aliphatic rings. The Morgan fingerprint density at radius 3 is 3.08 bits per heavy atom. The molecule has 2 rings (SSSR count). The second kappa shape index (κ2) is 3.28. The van der Waals surface area contributed by atoms with Gasteiger partial charge in [-0.15, -0.1) is 0 Å². The molecule has 2 N–H and O–H groups in total. The van der Waals surface area contributed by atoms with Crippen LogP contribution in [0.1, 0.15) is 37.8 Å². The fourth-order valence-electron chi connectivity index (χ4n) is 1.82. The molecule has 0 spiro atoms. The van der Waals surface area contributed by atoms with Crippen molar-refractivity contribution in [3.8, 4) is 0 Å². The monoisotopic (exact) mass is 162 g/mol. The Labute approximate surface area is 75.0 Å². The molecule has 1 heteroatoms. The van der Waals surface area contributed by atoms with Gasteiger partial charge in [0.25, 0.3) is 0 Å². The minimum atomic E-state index is -0.854. The van der Waals surface area contributed by atoms with Gasteiger partial charge in [-0.05, 0) is 30.4 Å². The fraction of sp³-hybridized carbons (Fsp3) is 0.455. The van der Waals surface area contributed by atoms with Crippen molar-refractivity contribution < 1.29 is 1.37 Å². The third-order valence-corrected chi connectivity index (χ3v) is 2.51. The Morgan fingerprint density at radius 1 is 1.33 bits per heavy atom.